The zero-order valence-corrected chi connectivity index (χ0v) is 18.7. The summed E-state index contributed by atoms with van der Waals surface area (Å²) in [4.78, 5) is 19.5. The maximum atomic E-state index is 12.3. The van der Waals surface area contributed by atoms with Gasteiger partial charge in [0.05, 0.1) is 13.2 Å². The van der Waals surface area contributed by atoms with Crippen LogP contribution in [0.15, 0.2) is 60.7 Å². The van der Waals surface area contributed by atoms with E-state index in [4.69, 9.17) is 14.5 Å². The van der Waals surface area contributed by atoms with Gasteiger partial charge < -0.3 is 25.0 Å². The van der Waals surface area contributed by atoms with E-state index in [1.165, 1.54) is 0 Å². The van der Waals surface area contributed by atoms with E-state index in [0.29, 0.717) is 5.88 Å². The first-order valence-corrected chi connectivity index (χ1v) is 11.8. The highest BCUT2D eigenvalue weighted by atomic mass is 16.5. The van der Waals surface area contributed by atoms with Crippen LogP contribution in [-0.2, 0) is 4.74 Å². The molecule has 7 heteroatoms. The fourth-order valence-electron chi connectivity index (χ4n) is 4.55. The van der Waals surface area contributed by atoms with Crippen LogP contribution in [0.4, 0.5) is 16.3 Å². The molecule has 1 saturated heterocycles. The number of rotatable bonds is 5. The van der Waals surface area contributed by atoms with Crippen LogP contribution >= 0.6 is 0 Å². The molecule has 7 nitrogen and oxygen atoms in total. The molecule has 172 valence electrons. The highest BCUT2D eigenvalue weighted by molar-refractivity contribution is 5.90. The molecule has 2 N–H and O–H groups in total. The fourth-order valence-corrected chi connectivity index (χ4v) is 4.55. The number of para-hydroxylation sites is 1. The van der Waals surface area contributed by atoms with Crippen LogP contribution < -0.4 is 20.3 Å². The lowest BCUT2D eigenvalue weighted by Crippen LogP contribution is -2.41. The number of nitrogens with one attached hydrogen (secondary N) is 2. The van der Waals surface area contributed by atoms with Crippen molar-refractivity contribution in [2.24, 2.45) is 0 Å². The average Bonchev–Trinajstić information content (AvgIpc) is 2.86. The summed E-state index contributed by atoms with van der Waals surface area (Å²) in [6.45, 7) is 3.12. The second kappa shape index (κ2) is 10.1. The van der Waals surface area contributed by atoms with E-state index in [0.717, 1.165) is 74.3 Å². The quantitative estimate of drug-likeness (QED) is 0.600. The highest BCUT2D eigenvalue weighted by Crippen LogP contribution is 2.31. The summed E-state index contributed by atoms with van der Waals surface area (Å²) in [6, 6.07) is 19.9. The van der Waals surface area contributed by atoms with Crippen molar-refractivity contribution in [1.82, 2.24) is 10.3 Å². The highest BCUT2D eigenvalue weighted by Gasteiger charge is 2.25. The number of benzene rings is 2. The summed E-state index contributed by atoms with van der Waals surface area (Å²) in [5, 5.41) is 8.16. The minimum atomic E-state index is -0.156. The van der Waals surface area contributed by atoms with Crippen LogP contribution in [0.5, 0.6) is 5.88 Å². The lowest BCUT2D eigenvalue weighted by atomic mass is 9.93. The number of urea groups is 1. The molecule has 0 atom stereocenters. The molecule has 0 radical (unpaired) electrons. The topological polar surface area (TPSA) is 75.7 Å². The van der Waals surface area contributed by atoms with Crippen molar-refractivity contribution in [3.05, 3.63) is 60.7 Å². The summed E-state index contributed by atoms with van der Waals surface area (Å²) in [5.74, 6) is 1.65. The number of hydrogen-bond acceptors (Lipinski definition) is 5. The number of ether oxygens (including phenoxy) is 2. The van der Waals surface area contributed by atoms with Crippen LogP contribution in [0, 0.1) is 0 Å². The number of hydrogen-bond donors (Lipinski definition) is 2. The third-order valence-electron chi connectivity index (χ3n) is 6.35. The van der Waals surface area contributed by atoms with E-state index in [-0.39, 0.29) is 18.2 Å². The van der Waals surface area contributed by atoms with Crippen molar-refractivity contribution in [1.29, 1.82) is 0 Å². The molecule has 1 aromatic heterocycles. The molecular formula is C26H30N4O3. The standard InChI is InChI=1S/C26H30N4O3/c31-26(27-20-7-2-1-3-8-20)28-21-10-12-22(13-11-21)33-25-23-9-5-4-6-19(23)18-24(29-25)30-14-16-32-17-15-30/h1-9,18,21-22H,10-17H2,(H2,27,28,31)/t21-,22+. The molecule has 2 aliphatic rings. The number of nitrogens with zero attached hydrogens (tertiary/aromatic N) is 2. The SMILES string of the molecule is O=C(Nc1ccccc1)N[C@H]1CC[C@@H](Oc2nc(N3CCOCC3)cc3ccccc23)CC1. The Kier molecular flexibility index (Phi) is 6.58. The van der Waals surface area contributed by atoms with Gasteiger partial charge in [-0.05, 0) is 55.3 Å². The van der Waals surface area contributed by atoms with Crippen molar-refractivity contribution in [2.75, 3.05) is 36.5 Å². The van der Waals surface area contributed by atoms with Crippen molar-refractivity contribution >= 4 is 28.3 Å². The van der Waals surface area contributed by atoms with Crippen molar-refractivity contribution < 1.29 is 14.3 Å². The lowest BCUT2D eigenvalue weighted by Gasteiger charge is -2.31. The summed E-state index contributed by atoms with van der Waals surface area (Å²) in [7, 11) is 0. The second-order valence-corrected chi connectivity index (χ2v) is 8.66. The minimum Gasteiger partial charge on any atom is -0.474 e. The molecule has 2 aromatic carbocycles. The van der Waals surface area contributed by atoms with Gasteiger partial charge in [-0.15, -0.1) is 0 Å². The summed E-state index contributed by atoms with van der Waals surface area (Å²) in [6.07, 6.45) is 3.63. The Morgan fingerprint density at radius 1 is 0.970 bits per heavy atom. The van der Waals surface area contributed by atoms with Crippen molar-refractivity contribution in [3.8, 4) is 5.88 Å². The van der Waals surface area contributed by atoms with Gasteiger partial charge in [0.2, 0.25) is 5.88 Å². The normalized spacial score (nSPS) is 20.9. The summed E-state index contributed by atoms with van der Waals surface area (Å²) < 4.78 is 11.9. The molecule has 0 spiro atoms. The largest absolute Gasteiger partial charge is 0.474 e. The first-order valence-electron chi connectivity index (χ1n) is 11.8. The lowest BCUT2D eigenvalue weighted by molar-refractivity contribution is 0.121. The third-order valence-corrected chi connectivity index (χ3v) is 6.35. The van der Waals surface area contributed by atoms with Crippen LogP contribution in [0.2, 0.25) is 0 Å². The van der Waals surface area contributed by atoms with Crippen LogP contribution in [0.1, 0.15) is 25.7 Å². The number of aromatic nitrogens is 1. The van der Waals surface area contributed by atoms with Gasteiger partial charge in [-0.25, -0.2) is 4.79 Å². The summed E-state index contributed by atoms with van der Waals surface area (Å²) in [5.41, 5.74) is 0.796. The molecule has 1 aliphatic carbocycles. The van der Waals surface area contributed by atoms with Gasteiger partial charge in [-0.3, -0.25) is 0 Å². The van der Waals surface area contributed by atoms with Crippen molar-refractivity contribution in [2.45, 2.75) is 37.8 Å². The molecule has 33 heavy (non-hydrogen) atoms. The van der Waals surface area contributed by atoms with E-state index >= 15 is 0 Å². The number of fused-ring (bicyclic) bond motifs is 1. The number of anilines is 2. The van der Waals surface area contributed by atoms with Gasteiger partial charge in [0.25, 0.3) is 0 Å². The summed E-state index contributed by atoms with van der Waals surface area (Å²) >= 11 is 0. The fraction of sp³-hybridized carbons (Fsp3) is 0.385. The number of morpholine rings is 1. The van der Waals surface area contributed by atoms with Crippen LogP contribution in [0.3, 0.4) is 0 Å². The van der Waals surface area contributed by atoms with E-state index in [2.05, 4.69) is 33.7 Å². The molecule has 0 unspecified atom stereocenters. The molecule has 2 amide bonds. The molecule has 2 heterocycles. The minimum absolute atomic E-state index is 0.0936. The molecule has 3 aromatic rings. The number of amides is 2. The smallest absolute Gasteiger partial charge is 0.319 e. The monoisotopic (exact) mass is 446 g/mol. The van der Waals surface area contributed by atoms with Gasteiger partial charge in [0.1, 0.15) is 11.9 Å². The van der Waals surface area contributed by atoms with E-state index < -0.39 is 0 Å². The second-order valence-electron chi connectivity index (χ2n) is 8.66. The number of carbonyl (C=O) groups excluding carboxylic acids is 1. The molecule has 1 saturated carbocycles. The zero-order chi connectivity index (χ0) is 22.5. The van der Waals surface area contributed by atoms with Gasteiger partial charge in [-0.1, -0.05) is 36.4 Å². The predicted octanol–water partition coefficient (Wildman–Crippen LogP) is 4.58. The Labute approximate surface area is 194 Å². The van der Waals surface area contributed by atoms with Gasteiger partial charge in [0, 0.05) is 30.2 Å². The first-order chi connectivity index (χ1) is 16.2. The first kappa shape index (κ1) is 21.5. The van der Waals surface area contributed by atoms with E-state index in [1.54, 1.807) is 0 Å². The number of pyridine rings is 1. The molecule has 2 fully saturated rings. The van der Waals surface area contributed by atoms with Gasteiger partial charge >= 0.3 is 6.03 Å². The predicted molar refractivity (Wildman–Crippen MR) is 130 cm³/mol. The van der Waals surface area contributed by atoms with E-state index in [1.807, 2.05) is 42.5 Å². The van der Waals surface area contributed by atoms with Crippen LogP contribution in [0.25, 0.3) is 10.8 Å². The molecular weight excluding hydrogens is 416 g/mol. The molecule has 5 rings (SSSR count). The Balaban J connectivity index is 1.21. The maximum absolute atomic E-state index is 12.3. The van der Waals surface area contributed by atoms with Crippen LogP contribution in [-0.4, -0.2) is 49.5 Å². The van der Waals surface area contributed by atoms with Gasteiger partial charge in [0.15, 0.2) is 0 Å². The Morgan fingerprint density at radius 3 is 2.48 bits per heavy atom. The zero-order valence-electron chi connectivity index (χ0n) is 18.7. The average molecular weight is 447 g/mol. The Bertz CT molecular complexity index is 1080. The van der Waals surface area contributed by atoms with Crippen molar-refractivity contribution in [3.63, 3.8) is 0 Å². The Hall–Kier alpha value is -3.32. The molecule has 1 aliphatic heterocycles. The molecule has 0 bridgehead atoms. The third kappa shape index (κ3) is 5.37. The van der Waals surface area contributed by atoms with Gasteiger partial charge in [-0.2, -0.15) is 4.98 Å². The number of carbonyl (C=O) groups is 1. The van der Waals surface area contributed by atoms with E-state index in [9.17, 15) is 4.79 Å². The maximum Gasteiger partial charge on any atom is 0.319 e. The Morgan fingerprint density at radius 2 is 1.70 bits per heavy atom.